The summed E-state index contributed by atoms with van der Waals surface area (Å²) in [5, 5.41) is 19.7. The van der Waals surface area contributed by atoms with E-state index in [2.05, 4.69) is 4.57 Å². The lowest BCUT2D eigenvalue weighted by Gasteiger charge is -2.20. The van der Waals surface area contributed by atoms with Crippen molar-refractivity contribution in [1.82, 2.24) is 10.0 Å². The highest BCUT2D eigenvalue weighted by Gasteiger charge is 2.26. The normalized spacial score (nSPS) is 16.8. The third kappa shape index (κ3) is 3.85. The van der Waals surface area contributed by atoms with Gasteiger partial charge in [0.25, 0.3) is 0 Å². The Labute approximate surface area is 146 Å². The maximum absolute atomic E-state index is 13.7. The second-order valence-corrected chi connectivity index (χ2v) is 6.78. The van der Waals surface area contributed by atoms with E-state index in [9.17, 15) is 14.3 Å². The zero-order valence-corrected chi connectivity index (χ0v) is 14.3. The molecule has 0 saturated heterocycles. The number of fused-ring (bicyclic) bond motifs is 3. The fraction of sp³-hybridized carbons (Fsp3) is 0.526. The fourth-order valence-electron chi connectivity index (χ4n) is 3.87. The minimum Gasteiger partial charge on any atom is -0.388 e. The van der Waals surface area contributed by atoms with Crippen molar-refractivity contribution in [1.29, 1.82) is 0 Å². The van der Waals surface area contributed by atoms with E-state index in [1.807, 2.05) is 0 Å². The maximum Gasteiger partial charge on any atom is 0.243 e. The number of hydroxylamine groups is 1. The van der Waals surface area contributed by atoms with Gasteiger partial charge in [0.2, 0.25) is 5.91 Å². The molecule has 136 valence electrons. The van der Waals surface area contributed by atoms with Gasteiger partial charge in [0.1, 0.15) is 5.82 Å². The second kappa shape index (κ2) is 7.97. The van der Waals surface area contributed by atoms with E-state index < -0.39 is 6.10 Å². The predicted molar refractivity (Wildman–Crippen MR) is 92.8 cm³/mol. The number of aromatic nitrogens is 1. The Kier molecular flexibility index (Phi) is 5.71. The Morgan fingerprint density at radius 2 is 2.08 bits per heavy atom. The molecular weight excluding hydrogens is 323 g/mol. The number of hydrogen-bond acceptors (Lipinski definition) is 3. The first kappa shape index (κ1) is 17.9. The smallest absolute Gasteiger partial charge is 0.243 e. The lowest BCUT2D eigenvalue weighted by molar-refractivity contribution is -0.129. The average molecular weight is 348 g/mol. The number of rotatable bonds is 7. The van der Waals surface area contributed by atoms with Crippen LogP contribution in [0.3, 0.4) is 0 Å². The molecule has 1 heterocycles. The molecule has 25 heavy (non-hydrogen) atoms. The number of nitrogens with one attached hydrogen (secondary N) is 1. The zero-order chi connectivity index (χ0) is 17.8. The highest BCUT2D eigenvalue weighted by Crippen LogP contribution is 2.38. The Balaban J connectivity index is 1.70. The van der Waals surface area contributed by atoms with Crippen molar-refractivity contribution in [3.8, 4) is 0 Å². The molecule has 5 nitrogen and oxygen atoms in total. The largest absolute Gasteiger partial charge is 0.388 e. The monoisotopic (exact) mass is 348 g/mol. The van der Waals surface area contributed by atoms with Crippen LogP contribution in [0.5, 0.6) is 0 Å². The molecule has 0 radical (unpaired) electrons. The van der Waals surface area contributed by atoms with Gasteiger partial charge in [-0.15, -0.1) is 0 Å². The predicted octanol–water partition coefficient (Wildman–Crippen LogP) is 3.61. The van der Waals surface area contributed by atoms with E-state index in [4.69, 9.17) is 5.21 Å². The number of hydrogen-bond donors (Lipinski definition) is 3. The molecule has 1 unspecified atom stereocenters. The van der Waals surface area contributed by atoms with Crippen molar-refractivity contribution < 1.29 is 19.5 Å². The third-order valence-corrected chi connectivity index (χ3v) is 5.06. The van der Waals surface area contributed by atoms with Crippen LogP contribution in [0.2, 0.25) is 0 Å². The highest BCUT2D eigenvalue weighted by atomic mass is 19.1. The van der Waals surface area contributed by atoms with Crippen LogP contribution in [0.25, 0.3) is 10.9 Å². The molecule has 0 bridgehead atoms. The van der Waals surface area contributed by atoms with Crippen LogP contribution in [-0.4, -0.2) is 20.8 Å². The fourth-order valence-corrected chi connectivity index (χ4v) is 3.87. The number of nitrogens with zero attached hydrogens (tertiary/aromatic N) is 1. The summed E-state index contributed by atoms with van der Waals surface area (Å²) in [5.41, 5.74) is 4.68. The van der Waals surface area contributed by atoms with E-state index in [1.54, 1.807) is 11.5 Å². The van der Waals surface area contributed by atoms with Gasteiger partial charge in [-0.25, -0.2) is 9.87 Å². The molecule has 2 aromatic rings. The van der Waals surface area contributed by atoms with Gasteiger partial charge in [-0.3, -0.25) is 10.0 Å². The topological polar surface area (TPSA) is 74.5 Å². The molecule has 3 N–H and O–H groups in total. The van der Waals surface area contributed by atoms with Crippen LogP contribution in [-0.2, 0) is 17.8 Å². The Morgan fingerprint density at radius 3 is 2.88 bits per heavy atom. The molecule has 0 spiro atoms. The van der Waals surface area contributed by atoms with Crippen LogP contribution in [0.4, 0.5) is 4.39 Å². The molecule has 1 aromatic heterocycles. The van der Waals surface area contributed by atoms with Gasteiger partial charge >= 0.3 is 0 Å². The Bertz CT molecular complexity index is 757. The summed E-state index contributed by atoms with van der Waals surface area (Å²) in [6.07, 6.45) is 6.04. The first-order chi connectivity index (χ1) is 12.1. The minimum atomic E-state index is -0.508. The molecule has 1 aromatic carbocycles. The highest BCUT2D eigenvalue weighted by molar-refractivity contribution is 5.86. The van der Waals surface area contributed by atoms with E-state index >= 15 is 0 Å². The number of carbonyl (C=O) groups excluding carboxylic acids is 1. The Hall–Kier alpha value is -1.92. The van der Waals surface area contributed by atoms with Crippen LogP contribution >= 0.6 is 0 Å². The van der Waals surface area contributed by atoms with Crippen molar-refractivity contribution >= 4 is 16.8 Å². The summed E-state index contributed by atoms with van der Waals surface area (Å²) in [7, 11) is 0. The molecule has 3 rings (SSSR count). The average Bonchev–Trinajstić information content (AvgIpc) is 2.92. The Morgan fingerprint density at radius 1 is 1.28 bits per heavy atom. The number of carbonyl (C=O) groups is 1. The molecule has 1 atom stereocenters. The SMILES string of the molecule is O=C(CCCCCCn1c2c(c3cc(F)ccc31)C(O)CCC2)NO. The van der Waals surface area contributed by atoms with Crippen molar-refractivity contribution in [3.63, 3.8) is 0 Å². The van der Waals surface area contributed by atoms with Gasteiger partial charge < -0.3 is 9.67 Å². The van der Waals surface area contributed by atoms with Gasteiger partial charge in [-0.1, -0.05) is 12.8 Å². The number of aliphatic hydroxyl groups is 1. The van der Waals surface area contributed by atoms with E-state index in [1.165, 1.54) is 12.1 Å². The first-order valence-corrected chi connectivity index (χ1v) is 9.03. The van der Waals surface area contributed by atoms with Crippen LogP contribution < -0.4 is 5.48 Å². The van der Waals surface area contributed by atoms with Crippen molar-refractivity contribution in [2.24, 2.45) is 0 Å². The van der Waals surface area contributed by atoms with Gasteiger partial charge in [0.15, 0.2) is 0 Å². The summed E-state index contributed by atoms with van der Waals surface area (Å²) >= 11 is 0. The minimum absolute atomic E-state index is 0.271. The zero-order valence-electron chi connectivity index (χ0n) is 14.3. The van der Waals surface area contributed by atoms with E-state index in [0.717, 1.165) is 73.7 Å². The van der Waals surface area contributed by atoms with Gasteiger partial charge in [-0.05, 0) is 50.3 Å². The van der Waals surface area contributed by atoms with Gasteiger partial charge in [0, 0.05) is 35.1 Å². The second-order valence-electron chi connectivity index (χ2n) is 6.78. The molecule has 0 saturated carbocycles. The van der Waals surface area contributed by atoms with Crippen molar-refractivity contribution in [3.05, 3.63) is 35.3 Å². The number of unbranched alkanes of at least 4 members (excludes halogenated alkanes) is 3. The molecule has 1 amide bonds. The van der Waals surface area contributed by atoms with Gasteiger partial charge in [0.05, 0.1) is 6.10 Å². The summed E-state index contributed by atoms with van der Waals surface area (Å²) in [4.78, 5) is 11.0. The number of halogens is 1. The third-order valence-electron chi connectivity index (χ3n) is 5.06. The molecular formula is C19H25FN2O3. The molecule has 1 aliphatic carbocycles. The van der Waals surface area contributed by atoms with Crippen LogP contribution in [0.15, 0.2) is 18.2 Å². The maximum atomic E-state index is 13.7. The van der Waals surface area contributed by atoms with E-state index in [0.29, 0.717) is 6.42 Å². The molecule has 1 aliphatic rings. The summed E-state index contributed by atoms with van der Waals surface area (Å²) in [6, 6.07) is 4.82. The number of benzene rings is 1. The summed E-state index contributed by atoms with van der Waals surface area (Å²) in [6.45, 7) is 0.830. The molecule has 0 fully saturated rings. The van der Waals surface area contributed by atoms with Crippen molar-refractivity contribution in [2.75, 3.05) is 0 Å². The molecule has 6 heteroatoms. The standard InChI is InChI=1S/C19H25FN2O3/c20-13-9-10-15-14(12-13)19-16(6-5-7-17(19)23)22(15)11-4-2-1-3-8-18(24)21-25/h9-10,12,17,23,25H,1-8,11H2,(H,21,24). The summed E-state index contributed by atoms with van der Waals surface area (Å²) in [5.74, 6) is -0.617. The lowest BCUT2D eigenvalue weighted by atomic mass is 9.93. The van der Waals surface area contributed by atoms with Gasteiger partial charge in [-0.2, -0.15) is 0 Å². The first-order valence-electron chi connectivity index (χ1n) is 9.03. The van der Waals surface area contributed by atoms with Crippen molar-refractivity contribution in [2.45, 2.75) is 64.0 Å². The van der Waals surface area contributed by atoms with E-state index in [-0.39, 0.29) is 11.7 Å². The quantitative estimate of drug-likeness (QED) is 0.406. The lowest BCUT2D eigenvalue weighted by Crippen LogP contribution is -2.17. The summed E-state index contributed by atoms with van der Waals surface area (Å²) < 4.78 is 15.9. The van der Waals surface area contributed by atoms with Crippen LogP contribution in [0.1, 0.15) is 62.3 Å². The number of aliphatic hydroxyl groups excluding tert-OH is 1. The number of amides is 1. The molecule has 0 aliphatic heterocycles. The van der Waals surface area contributed by atoms with Crippen LogP contribution in [0, 0.1) is 5.82 Å². The number of aryl methyl sites for hydroxylation is 1.